The van der Waals surface area contributed by atoms with E-state index in [9.17, 15) is 8.42 Å². The number of aromatic nitrogens is 2. The first-order valence-corrected chi connectivity index (χ1v) is 9.56. The third-order valence-electron chi connectivity index (χ3n) is 3.74. The van der Waals surface area contributed by atoms with Gasteiger partial charge in [0.15, 0.2) is 9.84 Å². The molecule has 3 aromatic rings. The highest BCUT2D eigenvalue weighted by atomic mass is 32.2. The standard InChI is InChI=1S/C19H19N3O2S/c1-15-4-2-5-18(12-15)25(23,24)14-17-8-6-16(7-9-17)13-22-19-20-10-3-11-21-19/h2-12H,13-14H2,1H3,(H,20,21,22). The molecule has 0 spiro atoms. The summed E-state index contributed by atoms with van der Waals surface area (Å²) in [5.74, 6) is 0.556. The molecule has 1 heterocycles. The van der Waals surface area contributed by atoms with Crippen LogP contribution in [0.2, 0.25) is 0 Å². The van der Waals surface area contributed by atoms with E-state index in [-0.39, 0.29) is 5.75 Å². The molecule has 0 saturated carbocycles. The van der Waals surface area contributed by atoms with Crippen LogP contribution in [0.4, 0.5) is 5.95 Å². The van der Waals surface area contributed by atoms with Crippen LogP contribution in [0.15, 0.2) is 71.9 Å². The highest BCUT2D eigenvalue weighted by molar-refractivity contribution is 7.90. The minimum Gasteiger partial charge on any atom is -0.350 e. The Morgan fingerprint density at radius 2 is 1.60 bits per heavy atom. The van der Waals surface area contributed by atoms with Crippen LogP contribution in [-0.2, 0) is 22.1 Å². The van der Waals surface area contributed by atoms with Crippen LogP contribution in [-0.4, -0.2) is 18.4 Å². The van der Waals surface area contributed by atoms with Gasteiger partial charge in [-0.25, -0.2) is 18.4 Å². The Labute approximate surface area is 147 Å². The van der Waals surface area contributed by atoms with Crippen LogP contribution >= 0.6 is 0 Å². The molecular formula is C19H19N3O2S. The Balaban J connectivity index is 1.66. The number of rotatable bonds is 6. The summed E-state index contributed by atoms with van der Waals surface area (Å²) in [4.78, 5) is 8.56. The molecule has 1 N–H and O–H groups in total. The molecule has 25 heavy (non-hydrogen) atoms. The molecule has 0 amide bonds. The van der Waals surface area contributed by atoms with Gasteiger partial charge in [-0.1, -0.05) is 36.4 Å². The van der Waals surface area contributed by atoms with E-state index in [1.807, 2.05) is 37.3 Å². The lowest BCUT2D eigenvalue weighted by Gasteiger charge is -2.08. The van der Waals surface area contributed by atoms with E-state index in [2.05, 4.69) is 15.3 Å². The predicted octanol–water partition coefficient (Wildman–Crippen LogP) is 3.37. The third-order valence-corrected chi connectivity index (χ3v) is 5.43. The van der Waals surface area contributed by atoms with Crippen molar-refractivity contribution in [3.8, 4) is 0 Å². The minimum absolute atomic E-state index is 0.00798. The molecule has 6 heteroatoms. The number of aryl methyl sites for hydroxylation is 1. The minimum atomic E-state index is -3.34. The Morgan fingerprint density at radius 3 is 2.28 bits per heavy atom. The Bertz CT molecular complexity index is 940. The van der Waals surface area contributed by atoms with Crippen molar-refractivity contribution in [3.05, 3.63) is 83.7 Å². The van der Waals surface area contributed by atoms with Gasteiger partial charge in [0.25, 0.3) is 0 Å². The summed E-state index contributed by atoms with van der Waals surface area (Å²) >= 11 is 0. The van der Waals surface area contributed by atoms with Crippen molar-refractivity contribution in [2.75, 3.05) is 5.32 Å². The fourth-order valence-electron chi connectivity index (χ4n) is 2.44. The third kappa shape index (κ3) is 4.64. The first-order valence-electron chi connectivity index (χ1n) is 7.91. The zero-order chi connectivity index (χ0) is 17.7. The number of hydrogen-bond donors (Lipinski definition) is 1. The zero-order valence-corrected chi connectivity index (χ0v) is 14.7. The van der Waals surface area contributed by atoms with Crippen molar-refractivity contribution in [2.45, 2.75) is 24.1 Å². The lowest BCUT2D eigenvalue weighted by Crippen LogP contribution is -2.06. The van der Waals surface area contributed by atoms with E-state index in [4.69, 9.17) is 0 Å². The number of nitrogens with one attached hydrogen (secondary N) is 1. The van der Waals surface area contributed by atoms with Gasteiger partial charge in [0.2, 0.25) is 5.95 Å². The quantitative estimate of drug-likeness (QED) is 0.735. The normalized spacial score (nSPS) is 11.2. The lowest BCUT2D eigenvalue weighted by molar-refractivity contribution is 0.595. The molecule has 0 aliphatic carbocycles. The average Bonchev–Trinajstić information content (AvgIpc) is 2.62. The van der Waals surface area contributed by atoms with E-state index in [0.717, 1.165) is 16.7 Å². The largest absolute Gasteiger partial charge is 0.350 e. The summed E-state index contributed by atoms with van der Waals surface area (Å²) < 4.78 is 25.0. The lowest BCUT2D eigenvalue weighted by atomic mass is 10.1. The van der Waals surface area contributed by atoms with Crippen LogP contribution < -0.4 is 5.32 Å². The number of nitrogens with zero attached hydrogens (tertiary/aromatic N) is 2. The highest BCUT2D eigenvalue weighted by Gasteiger charge is 2.15. The number of benzene rings is 2. The second-order valence-corrected chi connectivity index (χ2v) is 7.81. The second-order valence-electron chi connectivity index (χ2n) is 5.82. The molecule has 2 aromatic carbocycles. The van der Waals surface area contributed by atoms with E-state index in [1.54, 1.807) is 36.7 Å². The van der Waals surface area contributed by atoms with Gasteiger partial charge >= 0.3 is 0 Å². The van der Waals surface area contributed by atoms with Gasteiger partial charge in [-0.05, 0) is 41.8 Å². The predicted molar refractivity (Wildman–Crippen MR) is 97.9 cm³/mol. The van der Waals surface area contributed by atoms with E-state index >= 15 is 0 Å². The maximum Gasteiger partial charge on any atom is 0.222 e. The van der Waals surface area contributed by atoms with Crippen LogP contribution in [0.3, 0.4) is 0 Å². The summed E-state index contributed by atoms with van der Waals surface area (Å²) in [5.41, 5.74) is 2.73. The molecule has 0 aliphatic rings. The topological polar surface area (TPSA) is 72.0 Å². The molecule has 128 valence electrons. The Morgan fingerprint density at radius 1 is 0.920 bits per heavy atom. The summed E-state index contributed by atoms with van der Waals surface area (Å²) in [6.07, 6.45) is 3.35. The molecule has 0 fully saturated rings. The molecule has 0 atom stereocenters. The van der Waals surface area contributed by atoms with Crippen LogP contribution in [0, 0.1) is 6.92 Å². The van der Waals surface area contributed by atoms with Gasteiger partial charge in [0, 0.05) is 18.9 Å². The fourth-order valence-corrected chi connectivity index (χ4v) is 3.89. The average molecular weight is 353 g/mol. The van der Waals surface area contributed by atoms with Crippen LogP contribution in [0.25, 0.3) is 0 Å². The first-order chi connectivity index (χ1) is 12.0. The highest BCUT2D eigenvalue weighted by Crippen LogP contribution is 2.18. The van der Waals surface area contributed by atoms with Crippen molar-refractivity contribution < 1.29 is 8.42 Å². The van der Waals surface area contributed by atoms with E-state index in [1.165, 1.54) is 0 Å². The van der Waals surface area contributed by atoms with E-state index in [0.29, 0.717) is 17.4 Å². The smallest absolute Gasteiger partial charge is 0.222 e. The second kappa shape index (κ2) is 7.44. The molecule has 0 saturated heterocycles. The summed E-state index contributed by atoms with van der Waals surface area (Å²) in [6, 6.07) is 16.3. The number of anilines is 1. The monoisotopic (exact) mass is 353 g/mol. The van der Waals surface area contributed by atoms with Gasteiger partial charge in [-0.2, -0.15) is 0 Å². The molecule has 5 nitrogen and oxygen atoms in total. The van der Waals surface area contributed by atoms with Gasteiger partial charge in [0.1, 0.15) is 0 Å². The van der Waals surface area contributed by atoms with Gasteiger partial charge in [0.05, 0.1) is 10.6 Å². The van der Waals surface area contributed by atoms with Crippen molar-refractivity contribution in [1.82, 2.24) is 9.97 Å². The molecule has 0 radical (unpaired) electrons. The number of sulfone groups is 1. The van der Waals surface area contributed by atoms with Gasteiger partial charge in [-0.3, -0.25) is 0 Å². The molecular weight excluding hydrogens is 334 g/mol. The maximum absolute atomic E-state index is 12.5. The first kappa shape index (κ1) is 17.1. The van der Waals surface area contributed by atoms with Crippen molar-refractivity contribution in [2.24, 2.45) is 0 Å². The molecule has 0 bridgehead atoms. The van der Waals surface area contributed by atoms with Crippen molar-refractivity contribution in [3.63, 3.8) is 0 Å². The SMILES string of the molecule is Cc1cccc(S(=O)(=O)Cc2ccc(CNc3ncccn3)cc2)c1. The molecule has 3 rings (SSSR count). The number of hydrogen-bond acceptors (Lipinski definition) is 5. The maximum atomic E-state index is 12.5. The Hall–Kier alpha value is -2.73. The molecule has 0 unspecified atom stereocenters. The van der Waals surface area contributed by atoms with Gasteiger partial charge in [-0.15, -0.1) is 0 Å². The van der Waals surface area contributed by atoms with Crippen LogP contribution in [0.5, 0.6) is 0 Å². The molecule has 1 aromatic heterocycles. The zero-order valence-electron chi connectivity index (χ0n) is 13.9. The van der Waals surface area contributed by atoms with Crippen molar-refractivity contribution >= 4 is 15.8 Å². The summed E-state index contributed by atoms with van der Waals surface area (Å²) in [7, 11) is -3.34. The Kier molecular flexibility index (Phi) is 5.09. The van der Waals surface area contributed by atoms with Crippen molar-refractivity contribution in [1.29, 1.82) is 0 Å². The summed E-state index contributed by atoms with van der Waals surface area (Å²) in [6.45, 7) is 2.46. The van der Waals surface area contributed by atoms with E-state index < -0.39 is 9.84 Å². The van der Waals surface area contributed by atoms with Crippen LogP contribution in [0.1, 0.15) is 16.7 Å². The fraction of sp³-hybridized carbons (Fsp3) is 0.158. The summed E-state index contributed by atoms with van der Waals surface area (Å²) in [5, 5.41) is 3.12. The van der Waals surface area contributed by atoms with Gasteiger partial charge < -0.3 is 5.32 Å². The molecule has 0 aliphatic heterocycles.